The number of nitrogens with one attached hydrogen (secondary N) is 2. The Bertz CT molecular complexity index is 959. The highest BCUT2D eigenvalue weighted by atomic mass is 16.2. The minimum Gasteiger partial charge on any atom is -0.273 e. The molecule has 0 saturated carbocycles. The van der Waals surface area contributed by atoms with Crippen LogP contribution in [0.2, 0.25) is 0 Å². The normalized spacial score (nSPS) is 14.6. The smallest absolute Gasteiger partial charge is 0.240 e. The molecule has 0 aromatic heterocycles. The minimum absolute atomic E-state index is 0.141. The van der Waals surface area contributed by atoms with Crippen molar-refractivity contribution >= 4 is 24.2 Å². The molecule has 0 heterocycles. The molecule has 0 bridgehead atoms. The number of fused-ring (bicyclic) bond motifs is 2. The quantitative estimate of drug-likeness (QED) is 0.360. The SMILES string of the molecule is O=C(CCCCC(=O)N/N=C/c1ccc2c(c1)CCC2)N/N=C/c1ccc2c(c1)CCC2. The van der Waals surface area contributed by atoms with E-state index in [2.05, 4.69) is 45.3 Å². The highest BCUT2D eigenvalue weighted by Gasteiger charge is 2.11. The fourth-order valence-corrected chi connectivity index (χ4v) is 4.38. The Labute approximate surface area is 189 Å². The fourth-order valence-electron chi connectivity index (χ4n) is 4.38. The van der Waals surface area contributed by atoms with Gasteiger partial charge in [-0.15, -0.1) is 0 Å². The van der Waals surface area contributed by atoms with Gasteiger partial charge in [-0.05, 0) is 96.9 Å². The van der Waals surface area contributed by atoms with Gasteiger partial charge >= 0.3 is 0 Å². The highest BCUT2D eigenvalue weighted by molar-refractivity contribution is 5.83. The van der Waals surface area contributed by atoms with Crippen molar-refractivity contribution in [2.24, 2.45) is 10.2 Å². The summed E-state index contributed by atoms with van der Waals surface area (Å²) < 4.78 is 0. The largest absolute Gasteiger partial charge is 0.273 e. The van der Waals surface area contributed by atoms with Crippen LogP contribution in [0.5, 0.6) is 0 Å². The Kier molecular flexibility index (Phi) is 7.43. The predicted octanol–water partition coefficient (Wildman–Crippen LogP) is 3.82. The monoisotopic (exact) mass is 430 g/mol. The predicted molar refractivity (Wildman–Crippen MR) is 127 cm³/mol. The van der Waals surface area contributed by atoms with Crippen LogP contribution >= 0.6 is 0 Å². The molecule has 0 spiro atoms. The van der Waals surface area contributed by atoms with Gasteiger partial charge in [-0.1, -0.05) is 24.3 Å². The third kappa shape index (κ3) is 6.13. The van der Waals surface area contributed by atoms with Gasteiger partial charge in [0, 0.05) is 12.8 Å². The lowest BCUT2D eigenvalue weighted by atomic mass is 10.1. The Morgan fingerprint density at radius 2 is 1.12 bits per heavy atom. The first-order valence-electron chi connectivity index (χ1n) is 11.5. The minimum atomic E-state index is -0.141. The number of benzene rings is 2. The third-order valence-electron chi connectivity index (χ3n) is 6.11. The molecule has 0 atom stereocenters. The molecule has 0 aliphatic heterocycles. The second-order valence-electron chi connectivity index (χ2n) is 8.56. The zero-order valence-corrected chi connectivity index (χ0v) is 18.4. The van der Waals surface area contributed by atoms with E-state index in [0.717, 1.165) is 36.8 Å². The number of aryl methyl sites for hydroxylation is 4. The first kappa shape index (κ1) is 21.9. The number of hydrogen-bond donors (Lipinski definition) is 2. The van der Waals surface area contributed by atoms with Crippen molar-refractivity contribution in [1.29, 1.82) is 0 Å². The molecule has 4 rings (SSSR count). The molecular weight excluding hydrogens is 400 g/mol. The number of amides is 2. The first-order chi connectivity index (χ1) is 15.7. The Morgan fingerprint density at radius 1 is 0.688 bits per heavy atom. The molecule has 2 aromatic carbocycles. The van der Waals surface area contributed by atoms with E-state index in [0.29, 0.717) is 25.7 Å². The van der Waals surface area contributed by atoms with E-state index < -0.39 is 0 Å². The number of carbonyl (C=O) groups is 2. The van der Waals surface area contributed by atoms with Crippen LogP contribution in [0.25, 0.3) is 0 Å². The van der Waals surface area contributed by atoms with Gasteiger partial charge < -0.3 is 0 Å². The molecule has 166 valence electrons. The Morgan fingerprint density at radius 3 is 1.59 bits per heavy atom. The van der Waals surface area contributed by atoms with E-state index in [1.165, 1.54) is 35.1 Å². The third-order valence-corrected chi connectivity index (χ3v) is 6.11. The maximum atomic E-state index is 11.9. The second kappa shape index (κ2) is 10.8. The van der Waals surface area contributed by atoms with E-state index in [1.807, 2.05) is 12.1 Å². The lowest BCUT2D eigenvalue weighted by Crippen LogP contribution is -2.19. The molecule has 0 radical (unpaired) electrons. The summed E-state index contributed by atoms with van der Waals surface area (Å²) in [6, 6.07) is 12.6. The summed E-state index contributed by atoms with van der Waals surface area (Å²) >= 11 is 0. The van der Waals surface area contributed by atoms with Gasteiger partial charge in [0.15, 0.2) is 0 Å². The summed E-state index contributed by atoms with van der Waals surface area (Å²) in [5, 5.41) is 8.10. The summed E-state index contributed by atoms with van der Waals surface area (Å²) in [6.45, 7) is 0. The van der Waals surface area contributed by atoms with Crippen LogP contribution in [0.3, 0.4) is 0 Å². The van der Waals surface area contributed by atoms with E-state index in [9.17, 15) is 9.59 Å². The van der Waals surface area contributed by atoms with Gasteiger partial charge in [-0.25, -0.2) is 10.9 Å². The Hall–Kier alpha value is -3.28. The van der Waals surface area contributed by atoms with Gasteiger partial charge in [-0.2, -0.15) is 10.2 Å². The molecule has 2 amide bonds. The molecule has 0 saturated heterocycles. The summed E-state index contributed by atoms with van der Waals surface area (Å²) in [5.74, 6) is -0.283. The van der Waals surface area contributed by atoms with Crippen molar-refractivity contribution < 1.29 is 9.59 Å². The molecule has 0 unspecified atom stereocenters. The van der Waals surface area contributed by atoms with Crippen LogP contribution in [-0.4, -0.2) is 24.2 Å². The number of unbranched alkanes of at least 4 members (excludes halogenated alkanes) is 1. The van der Waals surface area contributed by atoms with Gasteiger partial charge in [0.2, 0.25) is 11.8 Å². The second-order valence-corrected chi connectivity index (χ2v) is 8.56. The van der Waals surface area contributed by atoms with E-state index in [1.54, 1.807) is 12.4 Å². The maximum absolute atomic E-state index is 11.9. The molecule has 6 nitrogen and oxygen atoms in total. The summed E-state index contributed by atoms with van der Waals surface area (Å²) in [4.78, 5) is 23.9. The van der Waals surface area contributed by atoms with Crippen LogP contribution in [0.15, 0.2) is 46.6 Å². The van der Waals surface area contributed by atoms with Crippen LogP contribution in [0, 0.1) is 0 Å². The van der Waals surface area contributed by atoms with Crippen molar-refractivity contribution in [3.63, 3.8) is 0 Å². The first-order valence-corrected chi connectivity index (χ1v) is 11.5. The summed E-state index contributed by atoms with van der Waals surface area (Å²) in [5.41, 5.74) is 12.7. The Balaban J connectivity index is 1.09. The van der Waals surface area contributed by atoms with E-state index in [-0.39, 0.29) is 11.8 Å². The molecule has 32 heavy (non-hydrogen) atoms. The lowest BCUT2D eigenvalue weighted by Gasteiger charge is -2.02. The molecule has 2 aliphatic carbocycles. The van der Waals surface area contributed by atoms with E-state index in [4.69, 9.17) is 0 Å². The molecule has 2 aliphatic rings. The van der Waals surface area contributed by atoms with Crippen molar-refractivity contribution in [3.05, 3.63) is 69.8 Å². The van der Waals surface area contributed by atoms with Crippen molar-refractivity contribution in [2.45, 2.75) is 64.2 Å². The van der Waals surface area contributed by atoms with Crippen LogP contribution in [0.4, 0.5) is 0 Å². The topological polar surface area (TPSA) is 82.9 Å². The maximum Gasteiger partial charge on any atom is 0.240 e. The number of hydrogen-bond acceptors (Lipinski definition) is 4. The molecule has 0 fully saturated rings. The van der Waals surface area contributed by atoms with Crippen LogP contribution in [-0.2, 0) is 35.3 Å². The molecular formula is C26H30N4O2. The van der Waals surface area contributed by atoms with E-state index >= 15 is 0 Å². The van der Waals surface area contributed by atoms with Crippen molar-refractivity contribution in [2.75, 3.05) is 0 Å². The number of hydrazone groups is 2. The number of carbonyl (C=O) groups excluding carboxylic acids is 2. The van der Waals surface area contributed by atoms with Gasteiger partial charge in [0.05, 0.1) is 12.4 Å². The zero-order valence-electron chi connectivity index (χ0n) is 18.4. The standard InChI is InChI=1S/C26H30N4O2/c31-25(29-27-17-19-11-13-21-5-3-7-23(21)15-19)9-1-2-10-26(32)30-28-18-20-12-14-22-6-4-8-24(22)16-20/h11-18H,1-10H2,(H,29,31)(H,30,32)/b27-17+,28-18+. The van der Waals surface area contributed by atoms with Gasteiger partial charge in [0.25, 0.3) is 0 Å². The van der Waals surface area contributed by atoms with Crippen LogP contribution < -0.4 is 10.9 Å². The van der Waals surface area contributed by atoms with Gasteiger partial charge in [-0.3, -0.25) is 9.59 Å². The summed E-state index contributed by atoms with van der Waals surface area (Å²) in [7, 11) is 0. The average Bonchev–Trinajstić information content (AvgIpc) is 3.45. The molecule has 2 N–H and O–H groups in total. The highest BCUT2D eigenvalue weighted by Crippen LogP contribution is 2.23. The van der Waals surface area contributed by atoms with Crippen LogP contribution in [0.1, 0.15) is 71.9 Å². The summed E-state index contributed by atoms with van der Waals surface area (Å²) in [6.07, 6.45) is 12.3. The number of nitrogens with zero attached hydrogens (tertiary/aromatic N) is 2. The average molecular weight is 431 g/mol. The van der Waals surface area contributed by atoms with Crippen molar-refractivity contribution in [3.8, 4) is 0 Å². The number of rotatable bonds is 9. The zero-order chi connectivity index (χ0) is 22.2. The molecule has 2 aromatic rings. The molecule has 6 heteroatoms. The van der Waals surface area contributed by atoms with Gasteiger partial charge in [0.1, 0.15) is 0 Å². The van der Waals surface area contributed by atoms with Crippen molar-refractivity contribution in [1.82, 2.24) is 10.9 Å². The lowest BCUT2D eigenvalue weighted by molar-refractivity contribution is -0.123. The fraction of sp³-hybridized carbons (Fsp3) is 0.385.